The third-order valence-electron chi connectivity index (χ3n) is 2.65. The smallest absolute Gasteiger partial charge is 0.418 e. The van der Waals surface area contributed by atoms with Gasteiger partial charge in [-0.05, 0) is 29.8 Å². The molecule has 0 saturated heterocycles. The van der Waals surface area contributed by atoms with Gasteiger partial charge in [0.1, 0.15) is 6.61 Å². The van der Waals surface area contributed by atoms with Crippen molar-refractivity contribution >= 4 is 5.69 Å². The van der Waals surface area contributed by atoms with Gasteiger partial charge in [0, 0.05) is 5.69 Å². The summed E-state index contributed by atoms with van der Waals surface area (Å²) in [5.74, 6) is -0.586. The van der Waals surface area contributed by atoms with E-state index < -0.39 is 17.6 Å². The molecule has 0 aliphatic rings. The van der Waals surface area contributed by atoms with E-state index in [0.717, 1.165) is 12.1 Å². The summed E-state index contributed by atoms with van der Waals surface area (Å²) in [5.41, 5.74) is 4.27. The van der Waals surface area contributed by atoms with Crippen molar-refractivity contribution in [3.8, 4) is 5.75 Å². The topological polar surface area (TPSA) is 35.2 Å². The highest BCUT2D eigenvalue weighted by Gasteiger charge is 2.33. The van der Waals surface area contributed by atoms with Gasteiger partial charge in [-0.3, -0.25) is 0 Å². The Morgan fingerprint density at radius 3 is 2.40 bits per heavy atom. The second-order valence-electron chi connectivity index (χ2n) is 4.14. The zero-order valence-electron chi connectivity index (χ0n) is 10.2. The molecule has 6 heteroatoms. The minimum absolute atomic E-state index is 0.0158. The van der Waals surface area contributed by atoms with E-state index in [1.807, 2.05) is 0 Å². The predicted octanol–water partition coefficient (Wildman–Crippen LogP) is 4.01. The van der Waals surface area contributed by atoms with Crippen molar-refractivity contribution in [2.45, 2.75) is 12.8 Å². The Bertz CT molecular complexity index is 610. The normalized spacial score (nSPS) is 11.4. The number of para-hydroxylation sites is 1. The summed E-state index contributed by atoms with van der Waals surface area (Å²) in [4.78, 5) is 0. The summed E-state index contributed by atoms with van der Waals surface area (Å²) in [6, 6.07) is 9.14. The molecular formula is C14H11F4NO. The number of hydrogen-bond acceptors (Lipinski definition) is 2. The Morgan fingerprint density at radius 1 is 1.05 bits per heavy atom. The molecule has 0 fully saturated rings. The van der Waals surface area contributed by atoms with Gasteiger partial charge in [0.25, 0.3) is 0 Å². The second-order valence-corrected chi connectivity index (χ2v) is 4.14. The lowest BCUT2D eigenvalue weighted by Gasteiger charge is -2.12. The fourth-order valence-electron chi connectivity index (χ4n) is 1.66. The molecule has 2 aromatic rings. The standard InChI is InChI=1S/C14H11F4NO/c15-11-3-1-2-4-13(11)20-8-9-5-6-12(19)10(7-9)14(16,17)18/h1-7H,8,19H2. The van der Waals surface area contributed by atoms with Gasteiger partial charge in [-0.15, -0.1) is 0 Å². The van der Waals surface area contributed by atoms with E-state index in [9.17, 15) is 17.6 Å². The maximum Gasteiger partial charge on any atom is 0.418 e. The molecule has 2 nitrogen and oxygen atoms in total. The van der Waals surface area contributed by atoms with Crippen LogP contribution in [0.2, 0.25) is 0 Å². The Morgan fingerprint density at radius 2 is 1.75 bits per heavy atom. The first-order valence-corrected chi connectivity index (χ1v) is 5.71. The number of benzene rings is 2. The van der Waals surface area contributed by atoms with E-state index in [-0.39, 0.29) is 23.6 Å². The van der Waals surface area contributed by atoms with Gasteiger partial charge in [-0.25, -0.2) is 4.39 Å². The second kappa shape index (κ2) is 5.40. The predicted molar refractivity (Wildman–Crippen MR) is 66.6 cm³/mol. The Balaban J connectivity index is 2.17. The molecule has 2 rings (SSSR count). The highest BCUT2D eigenvalue weighted by Crippen LogP contribution is 2.34. The monoisotopic (exact) mass is 285 g/mol. The van der Waals surface area contributed by atoms with Crippen molar-refractivity contribution in [1.82, 2.24) is 0 Å². The van der Waals surface area contributed by atoms with Crippen LogP contribution in [0.25, 0.3) is 0 Å². The van der Waals surface area contributed by atoms with Crippen LogP contribution < -0.4 is 10.5 Å². The van der Waals surface area contributed by atoms with Crippen LogP contribution in [0.1, 0.15) is 11.1 Å². The molecule has 20 heavy (non-hydrogen) atoms. The molecule has 0 unspecified atom stereocenters. The first-order chi connectivity index (χ1) is 9.38. The van der Waals surface area contributed by atoms with E-state index in [2.05, 4.69) is 0 Å². The Hall–Kier alpha value is -2.24. The number of alkyl halides is 3. The fourth-order valence-corrected chi connectivity index (χ4v) is 1.66. The van der Waals surface area contributed by atoms with Crippen molar-refractivity contribution in [1.29, 1.82) is 0 Å². The fraction of sp³-hybridized carbons (Fsp3) is 0.143. The first-order valence-electron chi connectivity index (χ1n) is 5.71. The molecule has 0 aliphatic carbocycles. The van der Waals surface area contributed by atoms with Crippen LogP contribution in [0, 0.1) is 5.82 Å². The maximum absolute atomic E-state index is 13.3. The van der Waals surface area contributed by atoms with E-state index in [0.29, 0.717) is 0 Å². The van der Waals surface area contributed by atoms with Crippen LogP contribution in [0.15, 0.2) is 42.5 Å². The summed E-state index contributed by atoms with van der Waals surface area (Å²) in [7, 11) is 0. The molecule has 0 amide bonds. The van der Waals surface area contributed by atoms with E-state index in [4.69, 9.17) is 10.5 Å². The Labute approximate surface area is 112 Å². The number of nitrogens with two attached hydrogens (primary N) is 1. The Kier molecular flexibility index (Phi) is 3.83. The number of halogens is 4. The molecule has 2 N–H and O–H groups in total. The largest absolute Gasteiger partial charge is 0.486 e. The van der Waals surface area contributed by atoms with Crippen LogP contribution in [0.5, 0.6) is 5.75 Å². The van der Waals surface area contributed by atoms with E-state index >= 15 is 0 Å². The van der Waals surface area contributed by atoms with Crippen LogP contribution in [0.4, 0.5) is 23.2 Å². The van der Waals surface area contributed by atoms with Gasteiger partial charge >= 0.3 is 6.18 Å². The molecule has 106 valence electrons. The molecule has 0 aliphatic heterocycles. The molecular weight excluding hydrogens is 274 g/mol. The molecule has 0 radical (unpaired) electrons. The van der Waals surface area contributed by atoms with Crippen molar-refractivity contribution in [2.75, 3.05) is 5.73 Å². The number of hydrogen-bond donors (Lipinski definition) is 1. The summed E-state index contributed by atoms with van der Waals surface area (Å²) in [5, 5.41) is 0. The molecule has 2 aromatic carbocycles. The summed E-state index contributed by atoms with van der Waals surface area (Å²) >= 11 is 0. The number of nitrogen functional groups attached to an aromatic ring is 1. The lowest BCUT2D eigenvalue weighted by atomic mass is 10.1. The molecule has 0 bridgehead atoms. The molecule has 0 heterocycles. The number of anilines is 1. The quantitative estimate of drug-likeness (QED) is 0.683. The highest BCUT2D eigenvalue weighted by molar-refractivity contribution is 5.50. The van der Waals surface area contributed by atoms with Crippen LogP contribution >= 0.6 is 0 Å². The van der Waals surface area contributed by atoms with Crippen molar-refractivity contribution in [2.24, 2.45) is 0 Å². The molecule has 0 saturated carbocycles. The average Bonchev–Trinajstić information content (AvgIpc) is 2.38. The van der Waals surface area contributed by atoms with E-state index in [1.165, 1.54) is 24.3 Å². The van der Waals surface area contributed by atoms with Gasteiger partial charge in [-0.1, -0.05) is 18.2 Å². The van der Waals surface area contributed by atoms with Crippen molar-refractivity contribution < 1.29 is 22.3 Å². The maximum atomic E-state index is 13.3. The summed E-state index contributed by atoms with van der Waals surface area (Å²) in [6.07, 6.45) is -4.53. The summed E-state index contributed by atoms with van der Waals surface area (Å²) in [6.45, 7) is -0.176. The zero-order valence-corrected chi connectivity index (χ0v) is 10.2. The lowest BCUT2D eigenvalue weighted by molar-refractivity contribution is -0.137. The molecule has 0 spiro atoms. The highest BCUT2D eigenvalue weighted by atomic mass is 19.4. The van der Waals surface area contributed by atoms with Gasteiger partial charge in [0.2, 0.25) is 0 Å². The third-order valence-corrected chi connectivity index (χ3v) is 2.65. The minimum atomic E-state index is -4.53. The van der Waals surface area contributed by atoms with Gasteiger partial charge < -0.3 is 10.5 Å². The van der Waals surface area contributed by atoms with E-state index in [1.54, 1.807) is 6.07 Å². The first kappa shape index (κ1) is 14.2. The zero-order chi connectivity index (χ0) is 14.8. The van der Waals surface area contributed by atoms with Crippen LogP contribution in [-0.2, 0) is 12.8 Å². The van der Waals surface area contributed by atoms with Crippen LogP contribution in [0.3, 0.4) is 0 Å². The average molecular weight is 285 g/mol. The van der Waals surface area contributed by atoms with Gasteiger partial charge in [-0.2, -0.15) is 13.2 Å². The number of rotatable bonds is 3. The minimum Gasteiger partial charge on any atom is -0.486 e. The lowest BCUT2D eigenvalue weighted by Crippen LogP contribution is -2.10. The SMILES string of the molecule is Nc1ccc(COc2ccccc2F)cc1C(F)(F)F. The molecule has 0 atom stereocenters. The van der Waals surface area contributed by atoms with Crippen molar-refractivity contribution in [3.63, 3.8) is 0 Å². The third kappa shape index (κ3) is 3.20. The number of ether oxygens (including phenoxy) is 1. The van der Waals surface area contributed by atoms with Crippen molar-refractivity contribution in [3.05, 3.63) is 59.4 Å². The van der Waals surface area contributed by atoms with Gasteiger partial charge in [0.05, 0.1) is 5.56 Å². The van der Waals surface area contributed by atoms with Crippen LogP contribution in [-0.4, -0.2) is 0 Å². The van der Waals surface area contributed by atoms with Gasteiger partial charge in [0.15, 0.2) is 11.6 Å². The molecule has 0 aromatic heterocycles. The summed E-state index contributed by atoms with van der Waals surface area (Å²) < 4.78 is 56.5.